The van der Waals surface area contributed by atoms with Gasteiger partial charge in [-0.25, -0.2) is 0 Å². The average molecular weight is 415 g/mol. The fourth-order valence-corrected chi connectivity index (χ4v) is 2.90. The lowest BCUT2D eigenvalue weighted by molar-refractivity contribution is 0.102. The molecule has 0 spiro atoms. The normalized spacial score (nSPS) is 11.8. The van der Waals surface area contributed by atoms with Gasteiger partial charge in [-0.05, 0) is 42.3 Å². The van der Waals surface area contributed by atoms with E-state index in [1.54, 1.807) is 36.7 Å². The molecule has 0 aliphatic carbocycles. The van der Waals surface area contributed by atoms with Crippen molar-refractivity contribution in [3.63, 3.8) is 0 Å². The molecule has 1 atom stereocenters. The zero-order valence-electron chi connectivity index (χ0n) is 17.1. The van der Waals surface area contributed by atoms with Gasteiger partial charge in [0.1, 0.15) is 11.9 Å². The topological polar surface area (TPSA) is 119 Å². The zero-order valence-corrected chi connectivity index (χ0v) is 17.1. The molecule has 4 aromatic rings. The number of carbonyl (C=O) groups is 1. The lowest BCUT2D eigenvalue weighted by atomic mass is 10.0. The Labute approximate surface area is 179 Å². The number of anilines is 2. The number of aromatic nitrogens is 5. The second-order valence-corrected chi connectivity index (χ2v) is 7.18. The number of nitrogens with zero attached hydrogens (tertiary/aromatic N) is 5. The molecule has 156 valence electrons. The van der Waals surface area contributed by atoms with Crippen molar-refractivity contribution in [3.8, 4) is 11.4 Å². The summed E-state index contributed by atoms with van der Waals surface area (Å²) in [4.78, 5) is 20.9. The number of benzene rings is 1. The Morgan fingerprint density at radius 3 is 2.42 bits per heavy atom. The van der Waals surface area contributed by atoms with Gasteiger partial charge in [0.2, 0.25) is 11.7 Å². The van der Waals surface area contributed by atoms with Gasteiger partial charge < -0.3 is 15.2 Å². The summed E-state index contributed by atoms with van der Waals surface area (Å²) in [6, 6.07) is 15.8. The number of amides is 1. The van der Waals surface area contributed by atoms with Gasteiger partial charge in [0.25, 0.3) is 5.91 Å². The van der Waals surface area contributed by atoms with Crippen LogP contribution in [0.25, 0.3) is 11.4 Å². The van der Waals surface area contributed by atoms with Gasteiger partial charge >= 0.3 is 0 Å². The summed E-state index contributed by atoms with van der Waals surface area (Å²) in [6.45, 7) is 4.06. The van der Waals surface area contributed by atoms with Crippen LogP contribution in [0, 0.1) is 5.92 Å². The van der Waals surface area contributed by atoms with Crippen LogP contribution in [-0.4, -0.2) is 31.2 Å². The van der Waals surface area contributed by atoms with E-state index in [1.807, 2.05) is 44.2 Å². The molecule has 1 aromatic carbocycles. The van der Waals surface area contributed by atoms with Crippen LogP contribution in [0.3, 0.4) is 0 Å². The van der Waals surface area contributed by atoms with Crippen LogP contribution in [0.2, 0.25) is 0 Å². The van der Waals surface area contributed by atoms with Gasteiger partial charge in [0, 0.05) is 23.6 Å². The minimum absolute atomic E-state index is 0.133. The van der Waals surface area contributed by atoms with E-state index in [0.29, 0.717) is 23.2 Å². The summed E-state index contributed by atoms with van der Waals surface area (Å²) >= 11 is 0. The second kappa shape index (κ2) is 9.12. The molecule has 3 heterocycles. The molecule has 4 rings (SSSR count). The van der Waals surface area contributed by atoms with Crippen molar-refractivity contribution in [2.75, 3.05) is 10.6 Å². The van der Waals surface area contributed by atoms with E-state index in [-0.39, 0.29) is 23.6 Å². The van der Waals surface area contributed by atoms with Gasteiger partial charge in [0.15, 0.2) is 5.69 Å². The predicted molar refractivity (Wildman–Crippen MR) is 115 cm³/mol. The lowest BCUT2D eigenvalue weighted by Crippen LogP contribution is -2.19. The van der Waals surface area contributed by atoms with Crippen LogP contribution in [0.15, 0.2) is 71.5 Å². The minimum atomic E-state index is -0.329. The number of para-hydroxylation sites is 1. The average Bonchev–Trinajstić information content (AvgIpc) is 3.29. The minimum Gasteiger partial charge on any atom is -0.357 e. The maximum Gasteiger partial charge on any atom is 0.276 e. The Hall–Kier alpha value is -4.14. The van der Waals surface area contributed by atoms with Crippen molar-refractivity contribution in [2.45, 2.75) is 19.9 Å². The highest BCUT2D eigenvalue weighted by Crippen LogP contribution is 2.26. The lowest BCUT2D eigenvalue weighted by Gasteiger charge is -2.18. The smallest absolute Gasteiger partial charge is 0.276 e. The molecule has 9 nitrogen and oxygen atoms in total. The zero-order chi connectivity index (χ0) is 21.6. The Morgan fingerprint density at radius 1 is 0.968 bits per heavy atom. The molecule has 3 aromatic heterocycles. The monoisotopic (exact) mass is 415 g/mol. The van der Waals surface area contributed by atoms with Crippen LogP contribution < -0.4 is 10.6 Å². The number of hydrogen-bond donors (Lipinski definition) is 2. The van der Waals surface area contributed by atoms with Crippen molar-refractivity contribution in [1.29, 1.82) is 0 Å². The molecule has 9 heteroatoms. The molecule has 0 radical (unpaired) electrons. The third kappa shape index (κ3) is 4.89. The highest BCUT2D eigenvalue weighted by molar-refractivity contribution is 6.02. The number of nitrogens with one attached hydrogen (secondary N) is 2. The van der Waals surface area contributed by atoms with Crippen LogP contribution in [0.1, 0.15) is 36.3 Å². The fourth-order valence-electron chi connectivity index (χ4n) is 2.90. The molecular formula is C22H21N7O2. The molecule has 0 saturated carbocycles. The summed E-state index contributed by atoms with van der Waals surface area (Å²) in [5.74, 6) is 1.23. The van der Waals surface area contributed by atoms with Gasteiger partial charge in [-0.1, -0.05) is 37.2 Å². The Balaban J connectivity index is 1.46. The number of hydrogen-bond acceptors (Lipinski definition) is 8. The van der Waals surface area contributed by atoms with E-state index >= 15 is 0 Å². The van der Waals surface area contributed by atoms with Crippen molar-refractivity contribution in [3.05, 3.63) is 78.6 Å². The van der Waals surface area contributed by atoms with E-state index in [1.165, 1.54) is 0 Å². The molecule has 1 unspecified atom stereocenters. The molecule has 0 fully saturated rings. The van der Waals surface area contributed by atoms with Crippen molar-refractivity contribution in [2.24, 2.45) is 5.92 Å². The maximum absolute atomic E-state index is 12.3. The standard InChI is InChI=1S/C22H21N7O2/c1-14(2)19(22-26-20(29-31-22)15-10-12-23-13-11-15)25-18-9-8-17(27-28-18)21(30)24-16-6-4-3-5-7-16/h3-14,19H,1-2H3,(H,24,30)(H,25,28). The van der Waals surface area contributed by atoms with E-state index in [2.05, 4.69) is 36.0 Å². The van der Waals surface area contributed by atoms with Gasteiger partial charge in [0.05, 0.1) is 0 Å². The first-order chi connectivity index (χ1) is 15.1. The van der Waals surface area contributed by atoms with E-state index in [4.69, 9.17) is 4.52 Å². The first-order valence-corrected chi connectivity index (χ1v) is 9.81. The van der Waals surface area contributed by atoms with Gasteiger partial charge in [-0.3, -0.25) is 9.78 Å². The molecule has 0 saturated heterocycles. The van der Waals surface area contributed by atoms with Crippen LogP contribution in [-0.2, 0) is 0 Å². The summed E-state index contributed by atoms with van der Waals surface area (Å²) in [5.41, 5.74) is 1.73. The predicted octanol–water partition coefficient (Wildman–Crippen LogP) is 3.98. The highest BCUT2D eigenvalue weighted by atomic mass is 16.5. The van der Waals surface area contributed by atoms with Crippen LogP contribution >= 0.6 is 0 Å². The summed E-state index contributed by atoms with van der Waals surface area (Å²) < 4.78 is 5.49. The number of pyridine rings is 1. The van der Waals surface area contributed by atoms with Crippen LogP contribution in [0.4, 0.5) is 11.5 Å². The first kappa shape index (κ1) is 20.1. The number of carbonyl (C=O) groups excluding carboxylic acids is 1. The highest BCUT2D eigenvalue weighted by Gasteiger charge is 2.24. The summed E-state index contributed by atoms with van der Waals surface area (Å²) in [7, 11) is 0. The fraction of sp³-hybridized carbons (Fsp3) is 0.182. The van der Waals surface area contributed by atoms with Gasteiger partial charge in [-0.2, -0.15) is 4.98 Å². The summed E-state index contributed by atoms with van der Waals surface area (Å²) in [6.07, 6.45) is 3.35. The van der Waals surface area contributed by atoms with Crippen LogP contribution in [0.5, 0.6) is 0 Å². The Morgan fingerprint density at radius 2 is 1.74 bits per heavy atom. The largest absolute Gasteiger partial charge is 0.357 e. The molecule has 0 aliphatic rings. The van der Waals surface area contributed by atoms with E-state index < -0.39 is 0 Å². The third-order valence-electron chi connectivity index (χ3n) is 4.55. The SMILES string of the molecule is CC(C)C(Nc1ccc(C(=O)Nc2ccccc2)nn1)c1nc(-c2ccncc2)no1. The first-order valence-electron chi connectivity index (χ1n) is 9.81. The molecule has 2 N–H and O–H groups in total. The molecule has 31 heavy (non-hydrogen) atoms. The Bertz CT molecular complexity index is 1130. The second-order valence-electron chi connectivity index (χ2n) is 7.18. The molecule has 0 aliphatic heterocycles. The number of rotatable bonds is 7. The molecular weight excluding hydrogens is 394 g/mol. The van der Waals surface area contributed by atoms with Gasteiger partial charge in [-0.15, -0.1) is 10.2 Å². The molecule has 0 bridgehead atoms. The molecule has 1 amide bonds. The quantitative estimate of drug-likeness (QED) is 0.465. The van der Waals surface area contributed by atoms with Crippen molar-refractivity contribution in [1.82, 2.24) is 25.3 Å². The van der Waals surface area contributed by atoms with E-state index in [9.17, 15) is 4.79 Å². The maximum atomic E-state index is 12.3. The Kier molecular flexibility index (Phi) is 5.93. The third-order valence-corrected chi connectivity index (χ3v) is 4.55. The van der Waals surface area contributed by atoms with E-state index in [0.717, 1.165) is 5.56 Å². The van der Waals surface area contributed by atoms with Crippen molar-refractivity contribution < 1.29 is 9.32 Å². The van der Waals surface area contributed by atoms with Crippen molar-refractivity contribution >= 4 is 17.4 Å². The summed E-state index contributed by atoms with van der Waals surface area (Å²) in [5, 5.41) is 18.3.